The van der Waals surface area contributed by atoms with Crippen LogP contribution in [0, 0.1) is 3.57 Å². The summed E-state index contributed by atoms with van der Waals surface area (Å²) in [5.74, 6) is 0. The van der Waals surface area contributed by atoms with Crippen molar-refractivity contribution in [2.75, 3.05) is 0 Å². The quantitative estimate of drug-likeness (QED) is 0.764. The number of aromatic nitrogens is 2. The van der Waals surface area contributed by atoms with Crippen molar-refractivity contribution in [3.05, 3.63) is 15.0 Å². The molecule has 0 bridgehead atoms. The number of rotatable bonds is 2. The first-order chi connectivity index (χ1) is 5.57. The second kappa shape index (κ2) is 3.68. The third kappa shape index (κ3) is 1.60. The Labute approximate surface area is 83.1 Å². The number of nitrogens with zero attached hydrogens (tertiary/aromatic N) is 2. The molecule has 0 amide bonds. The molecule has 0 radical (unpaired) electrons. The molecule has 1 aromatic rings. The monoisotopic (exact) mass is 286 g/mol. The van der Waals surface area contributed by atoms with E-state index in [9.17, 15) is 8.78 Å². The van der Waals surface area contributed by atoms with Gasteiger partial charge >= 0.3 is 0 Å². The van der Waals surface area contributed by atoms with Crippen LogP contribution in [0.4, 0.5) is 8.78 Å². The van der Waals surface area contributed by atoms with Crippen molar-refractivity contribution >= 4 is 22.6 Å². The van der Waals surface area contributed by atoms with Crippen LogP contribution >= 0.6 is 22.6 Å². The minimum absolute atomic E-state index is 0.0208. The van der Waals surface area contributed by atoms with Gasteiger partial charge in [-0.05, 0) is 29.0 Å². The summed E-state index contributed by atoms with van der Waals surface area (Å²) in [7, 11) is 1.54. The topological polar surface area (TPSA) is 17.8 Å². The first-order valence-electron chi connectivity index (χ1n) is 3.57. The van der Waals surface area contributed by atoms with E-state index in [1.165, 1.54) is 4.68 Å². The molecule has 12 heavy (non-hydrogen) atoms. The fourth-order valence-electron chi connectivity index (χ4n) is 1.03. The Morgan fingerprint density at radius 1 is 1.58 bits per heavy atom. The van der Waals surface area contributed by atoms with Crippen LogP contribution in [-0.4, -0.2) is 9.78 Å². The van der Waals surface area contributed by atoms with Gasteiger partial charge in [-0.3, -0.25) is 4.68 Å². The van der Waals surface area contributed by atoms with E-state index in [-0.39, 0.29) is 5.69 Å². The zero-order valence-electron chi connectivity index (χ0n) is 6.81. The fraction of sp³-hybridized carbons (Fsp3) is 0.571. The normalized spacial score (nSPS) is 11.2. The Bertz CT molecular complexity index is 283. The lowest BCUT2D eigenvalue weighted by atomic mass is 10.3. The highest BCUT2D eigenvalue weighted by molar-refractivity contribution is 14.1. The maximum absolute atomic E-state index is 12.4. The molecule has 1 heterocycles. The maximum atomic E-state index is 12.4. The van der Waals surface area contributed by atoms with Gasteiger partial charge in [-0.1, -0.05) is 6.92 Å². The zero-order valence-corrected chi connectivity index (χ0v) is 8.97. The van der Waals surface area contributed by atoms with Crippen LogP contribution < -0.4 is 0 Å². The first-order valence-corrected chi connectivity index (χ1v) is 4.65. The molecule has 0 N–H and O–H groups in total. The Morgan fingerprint density at radius 2 is 2.17 bits per heavy atom. The molecular weight excluding hydrogens is 277 g/mol. The number of hydrogen-bond donors (Lipinski definition) is 0. The van der Waals surface area contributed by atoms with E-state index in [4.69, 9.17) is 0 Å². The highest BCUT2D eigenvalue weighted by Crippen LogP contribution is 2.26. The van der Waals surface area contributed by atoms with E-state index < -0.39 is 6.43 Å². The van der Waals surface area contributed by atoms with Crippen molar-refractivity contribution in [3.63, 3.8) is 0 Å². The summed E-state index contributed by atoms with van der Waals surface area (Å²) >= 11 is 1.91. The van der Waals surface area contributed by atoms with Crippen LogP contribution in [0.3, 0.4) is 0 Å². The molecule has 0 spiro atoms. The van der Waals surface area contributed by atoms with E-state index in [0.29, 0.717) is 9.99 Å². The van der Waals surface area contributed by atoms with E-state index in [1.54, 1.807) is 7.05 Å². The Balaban J connectivity index is 3.19. The van der Waals surface area contributed by atoms with Crippen LogP contribution in [0.15, 0.2) is 0 Å². The molecular formula is C7H9F2IN2. The molecule has 0 saturated heterocycles. The minimum atomic E-state index is -2.44. The predicted octanol–water partition coefficient (Wildman–Crippen LogP) is 2.52. The summed E-state index contributed by atoms with van der Waals surface area (Å²) in [6, 6.07) is 0. The van der Waals surface area contributed by atoms with Crippen molar-refractivity contribution in [2.45, 2.75) is 19.8 Å². The van der Waals surface area contributed by atoms with Gasteiger partial charge in [-0.2, -0.15) is 5.10 Å². The van der Waals surface area contributed by atoms with Gasteiger partial charge in [0.05, 0.1) is 9.26 Å². The van der Waals surface area contributed by atoms with Crippen molar-refractivity contribution in [1.29, 1.82) is 0 Å². The molecule has 0 atom stereocenters. The average Bonchev–Trinajstić information content (AvgIpc) is 2.25. The summed E-state index contributed by atoms with van der Waals surface area (Å²) in [4.78, 5) is 0. The second-order valence-corrected chi connectivity index (χ2v) is 3.50. The maximum Gasteiger partial charge on any atom is 0.281 e. The smallest absolute Gasteiger partial charge is 0.265 e. The molecule has 1 rings (SSSR count). The summed E-state index contributed by atoms with van der Waals surface area (Å²) in [5, 5.41) is 3.98. The van der Waals surface area contributed by atoms with Gasteiger partial charge in [0.15, 0.2) is 0 Å². The molecule has 0 aliphatic carbocycles. The molecule has 0 aromatic carbocycles. The SMILES string of the molecule is CCc1nn(C)c(C(F)F)c1I. The van der Waals surface area contributed by atoms with Crippen LogP contribution in [-0.2, 0) is 13.5 Å². The number of alkyl halides is 2. The van der Waals surface area contributed by atoms with E-state index >= 15 is 0 Å². The highest BCUT2D eigenvalue weighted by atomic mass is 127. The zero-order chi connectivity index (χ0) is 9.30. The standard InChI is InChI=1S/C7H9F2IN2/c1-3-4-5(10)6(7(8)9)12(2)11-4/h7H,3H2,1-2H3. The third-order valence-electron chi connectivity index (χ3n) is 1.64. The first kappa shape index (κ1) is 9.88. The molecule has 2 nitrogen and oxygen atoms in total. The van der Waals surface area contributed by atoms with Gasteiger partial charge < -0.3 is 0 Å². The van der Waals surface area contributed by atoms with Crippen molar-refractivity contribution in [1.82, 2.24) is 9.78 Å². The Kier molecular flexibility index (Phi) is 3.03. The molecule has 0 fully saturated rings. The van der Waals surface area contributed by atoms with Crippen molar-refractivity contribution in [3.8, 4) is 0 Å². The second-order valence-electron chi connectivity index (χ2n) is 2.42. The van der Waals surface area contributed by atoms with Crippen molar-refractivity contribution in [2.24, 2.45) is 7.05 Å². The van der Waals surface area contributed by atoms with Gasteiger partial charge in [0.25, 0.3) is 6.43 Å². The lowest BCUT2D eigenvalue weighted by Crippen LogP contribution is -1.99. The molecule has 0 saturated carbocycles. The molecule has 0 unspecified atom stereocenters. The highest BCUT2D eigenvalue weighted by Gasteiger charge is 2.19. The van der Waals surface area contributed by atoms with Crippen molar-refractivity contribution < 1.29 is 8.78 Å². The number of hydrogen-bond acceptors (Lipinski definition) is 1. The molecule has 68 valence electrons. The summed E-state index contributed by atoms with van der Waals surface area (Å²) in [5.41, 5.74) is 0.765. The predicted molar refractivity (Wildman–Crippen MR) is 50.3 cm³/mol. The lowest BCUT2D eigenvalue weighted by Gasteiger charge is -1.98. The summed E-state index contributed by atoms with van der Waals surface area (Å²) in [6.45, 7) is 1.90. The van der Waals surface area contributed by atoms with E-state index in [1.807, 2.05) is 29.5 Å². The van der Waals surface area contributed by atoms with Gasteiger partial charge in [0.2, 0.25) is 0 Å². The molecule has 0 aliphatic rings. The van der Waals surface area contributed by atoms with Gasteiger partial charge in [-0.15, -0.1) is 0 Å². The summed E-state index contributed by atoms with van der Waals surface area (Å²) in [6.07, 6.45) is -1.74. The Morgan fingerprint density at radius 3 is 2.42 bits per heavy atom. The molecule has 0 aliphatic heterocycles. The van der Waals surface area contributed by atoms with Crippen LogP contribution in [0.1, 0.15) is 24.7 Å². The van der Waals surface area contributed by atoms with Gasteiger partial charge in [0, 0.05) is 7.05 Å². The average molecular weight is 286 g/mol. The fourth-order valence-corrected chi connectivity index (χ4v) is 2.11. The van der Waals surface area contributed by atoms with Gasteiger partial charge in [-0.25, -0.2) is 8.78 Å². The summed E-state index contributed by atoms with van der Waals surface area (Å²) < 4.78 is 26.6. The largest absolute Gasteiger partial charge is 0.281 e. The van der Waals surface area contributed by atoms with Crippen LogP contribution in [0.5, 0.6) is 0 Å². The molecule has 5 heteroatoms. The van der Waals surface area contributed by atoms with Crippen LogP contribution in [0.25, 0.3) is 0 Å². The lowest BCUT2D eigenvalue weighted by molar-refractivity contribution is 0.140. The van der Waals surface area contributed by atoms with Gasteiger partial charge in [0.1, 0.15) is 5.69 Å². The Hall–Kier alpha value is -0.200. The minimum Gasteiger partial charge on any atom is -0.265 e. The van der Waals surface area contributed by atoms with E-state index in [2.05, 4.69) is 5.10 Å². The third-order valence-corrected chi connectivity index (χ3v) is 2.81. The number of halogens is 3. The number of aryl methyl sites for hydroxylation is 2. The molecule has 1 aromatic heterocycles. The van der Waals surface area contributed by atoms with Crippen LogP contribution in [0.2, 0.25) is 0 Å². The van der Waals surface area contributed by atoms with E-state index in [0.717, 1.165) is 5.69 Å².